The number of aryl methyl sites for hydroxylation is 2. The van der Waals surface area contributed by atoms with Crippen LogP contribution in [0.3, 0.4) is 0 Å². The predicted molar refractivity (Wildman–Crippen MR) is 292 cm³/mol. The zero-order valence-corrected chi connectivity index (χ0v) is 45.6. The number of β-amino-alcohol motifs (C(OH)–C–C–N with tert-alkyl or cyclic N) is 1. The Hall–Kier alpha value is -5.93. The molecular weight excluding hydrogens is 973 g/mol. The second-order valence-electron chi connectivity index (χ2n) is 21.7. The number of aliphatic hydroxyl groups excluding tert-OH is 1. The van der Waals surface area contributed by atoms with E-state index in [1.807, 2.05) is 89.5 Å². The van der Waals surface area contributed by atoms with Crippen LogP contribution in [0, 0.1) is 18.3 Å². The Balaban J connectivity index is 0.778. The van der Waals surface area contributed by atoms with Crippen molar-refractivity contribution in [3.05, 3.63) is 70.6 Å². The number of hydrogen-bond acceptors (Lipinski definition) is 16. The Morgan fingerprint density at radius 2 is 1.65 bits per heavy atom. The summed E-state index contributed by atoms with van der Waals surface area (Å²) in [6, 6.07) is 12.0. The van der Waals surface area contributed by atoms with E-state index >= 15 is 0 Å². The van der Waals surface area contributed by atoms with Crippen molar-refractivity contribution < 1.29 is 33.8 Å². The van der Waals surface area contributed by atoms with E-state index in [4.69, 9.17) is 20.2 Å². The van der Waals surface area contributed by atoms with Gasteiger partial charge < -0.3 is 51.4 Å². The molecule has 4 saturated heterocycles. The molecule has 6 heterocycles. The zero-order chi connectivity index (χ0) is 53.4. The highest BCUT2D eigenvalue weighted by Crippen LogP contribution is 2.35. The van der Waals surface area contributed by atoms with Crippen molar-refractivity contribution in [3.8, 4) is 16.2 Å². The van der Waals surface area contributed by atoms with Crippen LogP contribution in [-0.2, 0) is 25.5 Å². The number of nitrogens with two attached hydrogens (primary N) is 1. The summed E-state index contributed by atoms with van der Waals surface area (Å²) >= 11 is 1.59. The number of rotatable bonds is 19. The fraction of sp³-hybridized carbons (Fsp3) is 0.582. The van der Waals surface area contributed by atoms with Gasteiger partial charge in [0.1, 0.15) is 17.8 Å². The molecule has 2 aromatic heterocycles. The Bertz CT molecular complexity index is 2600. The average molecular weight is 1050 g/mol. The van der Waals surface area contributed by atoms with Crippen LogP contribution in [-0.4, -0.2) is 162 Å². The molecule has 8 rings (SSSR count). The molecule has 0 saturated carbocycles. The smallest absolute Gasteiger partial charge is 0.271 e. The van der Waals surface area contributed by atoms with Gasteiger partial charge in [0.25, 0.3) is 5.91 Å². The van der Waals surface area contributed by atoms with Crippen molar-refractivity contribution in [3.63, 3.8) is 0 Å². The molecule has 2 aromatic carbocycles. The zero-order valence-electron chi connectivity index (χ0n) is 44.8. The number of carbonyl (C=O) groups excluding carboxylic acids is 4. The van der Waals surface area contributed by atoms with E-state index in [2.05, 4.69) is 45.9 Å². The largest absolute Gasteiger partial charge is 0.495 e. The minimum Gasteiger partial charge on any atom is -0.495 e. The summed E-state index contributed by atoms with van der Waals surface area (Å²) in [6.07, 6.45) is 4.66. The molecular formula is C55H78N12O7S. The number of methoxy groups -OCH3 is 1. The summed E-state index contributed by atoms with van der Waals surface area (Å²) in [5, 5.41) is 23.7. The molecule has 4 aliphatic rings. The summed E-state index contributed by atoms with van der Waals surface area (Å²) in [5.41, 5.74) is 12.4. The molecule has 0 radical (unpaired) electrons. The highest BCUT2D eigenvalue weighted by Gasteiger charge is 2.45. The van der Waals surface area contributed by atoms with Crippen LogP contribution < -0.4 is 36.6 Å². The van der Waals surface area contributed by atoms with Gasteiger partial charge in [-0.15, -0.1) is 11.3 Å². The topological polar surface area (TPSA) is 233 Å². The molecule has 75 heavy (non-hydrogen) atoms. The summed E-state index contributed by atoms with van der Waals surface area (Å²) < 4.78 is 11.4. The minimum absolute atomic E-state index is 0.0196. The molecule has 20 heteroatoms. The third-order valence-corrected chi connectivity index (χ3v) is 16.2. The average Bonchev–Trinajstić information content (AvgIpc) is 4.02. The lowest BCUT2D eigenvalue weighted by Crippen LogP contribution is -2.59. The number of ether oxygens (including phenoxy) is 2. The molecule has 4 aromatic rings. The van der Waals surface area contributed by atoms with Crippen LogP contribution in [0.15, 0.2) is 48.0 Å². The highest BCUT2D eigenvalue weighted by molar-refractivity contribution is 7.13. The second-order valence-corrected chi connectivity index (χ2v) is 22.5. The maximum Gasteiger partial charge on any atom is 0.271 e. The standard InChI is InChI=1S/C55H78N12O7S/c1-8-42-51(59-39-18-27-74-28-19-39)63-52(47(61-42)50(56)70)60-40-13-14-43(45(29-40)73-7)66-25-23-64(24-26-66)20-15-36-16-21-65(22-17-36)32-46(69)62-49(55(4,5)6)54(72)67-31-41(68)30-44(67)53(71)58-34(2)37-9-11-38(12-10-37)48-35(3)57-33-75-48/h9-14,29,33-34,36,39,41,44,49,68H,8,15-28,30-32H2,1-7H3,(H2,56,70)(H,58,71)(H,62,69)(H2,59,60,63)/t34-,41+,44-,49+/m0/s1. The summed E-state index contributed by atoms with van der Waals surface area (Å²) in [5.74, 6) is 0.603. The van der Waals surface area contributed by atoms with Gasteiger partial charge in [0.2, 0.25) is 17.7 Å². The third kappa shape index (κ3) is 13.9. The number of thiazole rings is 1. The molecule has 0 aliphatic carbocycles. The fourth-order valence-electron chi connectivity index (χ4n) is 10.7. The van der Waals surface area contributed by atoms with Crippen molar-refractivity contribution in [1.29, 1.82) is 0 Å². The molecule has 4 fully saturated rings. The van der Waals surface area contributed by atoms with Gasteiger partial charge >= 0.3 is 0 Å². The Morgan fingerprint density at radius 3 is 2.29 bits per heavy atom. The minimum atomic E-state index is -0.887. The number of piperidine rings is 1. The second kappa shape index (κ2) is 24.8. The molecule has 4 aliphatic heterocycles. The highest BCUT2D eigenvalue weighted by atomic mass is 32.1. The van der Waals surface area contributed by atoms with Gasteiger partial charge in [-0.25, -0.2) is 15.0 Å². The number of piperazine rings is 1. The number of aliphatic hydroxyl groups is 1. The van der Waals surface area contributed by atoms with E-state index in [0.29, 0.717) is 48.5 Å². The third-order valence-electron chi connectivity index (χ3n) is 15.2. The number of primary amides is 1. The molecule has 7 N–H and O–H groups in total. The molecule has 406 valence electrons. The first kappa shape index (κ1) is 55.3. The first-order valence-corrected chi connectivity index (χ1v) is 27.6. The van der Waals surface area contributed by atoms with Gasteiger partial charge in [-0.3, -0.25) is 29.0 Å². The fourth-order valence-corrected chi connectivity index (χ4v) is 11.5. The number of hydrogen-bond donors (Lipinski definition) is 6. The number of amides is 4. The monoisotopic (exact) mass is 1050 g/mol. The maximum absolute atomic E-state index is 14.3. The van der Waals surface area contributed by atoms with Gasteiger partial charge in [0.05, 0.1) is 53.3 Å². The summed E-state index contributed by atoms with van der Waals surface area (Å²) in [4.78, 5) is 77.7. The number of carbonyl (C=O) groups is 4. The molecule has 4 atom stereocenters. The van der Waals surface area contributed by atoms with Crippen molar-refractivity contribution >= 4 is 58.0 Å². The van der Waals surface area contributed by atoms with Crippen molar-refractivity contribution in [2.24, 2.45) is 17.1 Å². The Kier molecular flexibility index (Phi) is 18.3. The first-order valence-electron chi connectivity index (χ1n) is 26.8. The van der Waals surface area contributed by atoms with Crippen molar-refractivity contribution in [1.82, 2.24) is 40.3 Å². The number of likely N-dealkylation sites (tertiary alicyclic amines) is 2. The number of aromatic nitrogens is 3. The van der Waals surface area contributed by atoms with Gasteiger partial charge in [0, 0.05) is 70.2 Å². The molecule has 19 nitrogen and oxygen atoms in total. The van der Waals surface area contributed by atoms with Gasteiger partial charge in [-0.05, 0) is 107 Å². The normalized spacial score (nSPS) is 20.1. The SMILES string of the molecule is CCc1nc(C(N)=O)c(Nc2ccc(N3CCN(CCC4CCN(CC(=O)N[C@H](C(=O)N5C[C@H](O)C[C@H]5C(=O)N[C@@H](C)c5ccc(-c6scnc6C)cc5)C(C)(C)C)CC4)CC3)c(OC)c2)nc1NC1CCOCC1. The van der Waals surface area contributed by atoms with Crippen molar-refractivity contribution in [2.75, 3.05) is 94.8 Å². The molecule has 0 spiro atoms. The molecule has 0 unspecified atom stereocenters. The lowest BCUT2D eigenvalue weighted by Gasteiger charge is -2.38. The number of benzene rings is 2. The lowest BCUT2D eigenvalue weighted by molar-refractivity contribution is -0.144. The lowest BCUT2D eigenvalue weighted by atomic mass is 9.85. The van der Waals surface area contributed by atoms with Crippen LogP contribution in [0.2, 0.25) is 0 Å². The van der Waals surface area contributed by atoms with E-state index in [1.165, 1.54) is 4.90 Å². The van der Waals surface area contributed by atoms with E-state index in [0.717, 1.165) is 105 Å². The van der Waals surface area contributed by atoms with Crippen LogP contribution in [0.25, 0.3) is 10.4 Å². The predicted octanol–water partition coefficient (Wildman–Crippen LogP) is 5.51. The van der Waals surface area contributed by atoms with Crippen LogP contribution in [0.1, 0.15) is 107 Å². The van der Waals surface area contributed by atoms with Crippen LogP contribution in [0.4, 0.5) is 23.0 Å². The van der Waals surface area contributed by atoms with Gasteiger partial charge in [0.15, 0.2) is 17.3 Å². The first-order chi connectivity index (χ1) is 36.0. The molecule has 4 amide bonds. The van der Waals surface area contributed by atoms with E-state index in [1.54, 1.807) is 18.4 Å². The van der Waals surface area contributed by atoms with Gasteiger partial charge in [-0.2, -0.15) is 0 Å². The quantitative estimate of drug-likeness (QED) is 0.0680. The number of nitrogens with one attached hydrogen (secondary N) is 4. The van der Waals surface area contributed by atoms with Gasteiger partial charge in [-0.1, -0.05) is 52.0 Å². The van der Waals surface area contributed by atoms with E-state index in [-0.39, 0.29) is 60.8 Å². The number of anilines is 4. The maximum atomic E-state index is 14.3. The summed E-state index contributed by atoms with van der Waals surface area (Å²) in [6.45, 7) is 19.3. The van der Waals surface area contributed by atoms with E-state index < -0.39 is 29.5 Å². The Labute approximate surface area is 445 Å². The van der Waals surface area contributed by atoms with Crippen molar-refractivity contribution in [2.45, 2.75) is 117 Å². The summed E-state index contributed by atoms with van der Waals surface area (Å²) in [7, 11) is 1.66. The van der Waals surface area contributed by atoms with Crippen LogP contribution >= 0.6 is 11.3 Å². The van der Waals surface area contributed by atoms with Crippen LogP contribution in [0.5, 0.6) is 5.75 Å². The molecule has 0 bridgehead atoms. The Morgan fingerprint density at radius 1 is 0.933 bits per heavy atom. The van der Waals surface area contributed by atoms with E-state index in [9.17, 15) is 24.3 Å². The number of nitrogens with zero attached hydrogens (tertiary/aromatic N) is 7.